The monoisotopic (exact) mass is 788 g/mol. The summed E-state index contributed by atoms with van der Waals surface area (Å²) in [5.74, 6) is -2.46. The van der Waals surface area contributed by atoms with Gasteiger partial charge in [-0.05, 0) is 171 Å². The first-order chi connectivity index (χ1) is 26.9. The Hall–Kier alpha value is -4.71. The number of hydrogen-bond donors (Lipinski definition) is 6. The second kappa shape index (κ2) is 11.7. The molecule has 2 heterocycles. The maximum absolute atomic E-state index is 14.5. The number of aromatic nitrogens is 2. The molecule has 0 saturated heterocycles. The zero-order valence-electron chi connectivity index (χ0n) is 32.6. The fourth-order valence-corrected chi connectivity index (χ4v) is 13.9. The Kier molecular flexibility index (Phi) is 7.52. The fraction of sp³-hybridized carbons (Fsp3) is 0.435. The van der Waals surface area contributed by atoms with E-state index in [1.807, 2.05) is 12.1 Å². The summed E-state index contributed by atoms with van der Waals surface area (Å²) in [4.78, 5) is 32.6. The lowest BCUT2D eigenvalue weighted by Gasteiger charge is -2.55. The van der Waals surface area contributed by atoms with Gasteiger partial charge in [0, 0.05) is 43.6 Å². The number of aliphatic hydroxyl groups excluding tert-OH is 2. The molecular weight excluding hydrogens is 741 g/mol. The Morgan fingerprint density at radius 2 is 0.965 bits per heavy atom. The van der Waals surface area contributed by atoms with E-state index in [1.54, 1.807) is 38.1 Å². The summed E-state index contributed by atoms with van der Waals surface area (Å²) >= 11 is 0. The van der Waals surface area contributed by atoms with Crippen molar-refractivity contribution in [1.29, 1.82) is 0 Å². The Morgan fingerprint density at radius 1 is 0.579 bits per heavy atom. The zero-order chi connectivity index (χ0) is 40.2. The van der Waals surface area contributed by atoms with E-state index in [0.717, 1.165) is 65.9 Å². The van der Waals surface area contributed by atoms with Crippen LogP contribution >= 0.6 is 0 Å². The van der Waals surface area contributed by atoms with Crippen LogP contribution in [0.4, 0.5) is 0 Å². The molecule has 0 amide bonds. The van der Waals surface area contributed by atoms with Crippen LogP contribution in [0.1, 0.15) is 88.5 Å². The van der Waals surface area contributed by atoms with Crippen LogP contribution in [0.5, 0.6) is 0 Å². The second-order valence-corrected chi connectivity index (χ2v) is 20.5. The standard InChI is InChI=1S/C46H48N2O8S/c1-43-15-13-39(49)45(3,41(51)52)37(43)11-5-23-17-35-29(21-31(23)43)27-19-25(7-9-33(27)47-35)57(55,56)26-8-10-34-28(20-26)30-22-32-24(18-36(30)48-34)6-12-38-44(32,2)16-14-40(50)46(38,4)42(53)54/h7-10,17-22,37-40,47-50H,5-6,11-16H2,1-4H3,(H,51,52)(H,53,54)/t37-,38-,39+,40+,43+,44+,45-,46+/m0/s1. The Bertz CT molecular complexity index is 2690. The van der Waals surface area contributed by atoms with Crippen LogP contribution in [0.15, 0.2) is 70.5 Å². The SMILES string of the molecule is C[C@]1(C(=O)O)[C@H](O)CC[C@]2(C)c3cc4c(cc3CC[C@H]12)[nH]c1ccc(S(=O)(=O)c2ccc3[nH]c5cc6c(cc5c3c2)[C@@]2(C)CC[C@@H](O)[C@@](C)(C(=O)O)[C@H]2CC6)cc14. The van der Waals surface area contributed by atoms with Gasteiger partial charge < -0.3 is 30.4 Å². The maximum atomic E-state index is 14.5. The van der Waals surface area contributed by atoms with E-state index in [-0.39, 0.29) is 21.6 Å². The van der Waals surface area contributed by atoms with Crippen molar-refractivity contribution in [3.8, 4) is 0 Å². The highest BCUT2D eigenvalue weighted by Gasteiger charge is 2.60. The van der Waals surface area contributed by atoms with Crippen molar-refractivity contribution in [2.45, 2.75) is 112 Å². The molecule has 57 heavy (non-hydrogen) atoms. The Morgan fingerprint density at radius 3 is 1.35 bits per heavy atom. The third kappa shape index (κ3) is 4.67. The predicted molar refractivity (Wildman–Crippen MR) is 217 cm³/mol. The molecule has 2 aromatic heterocycles. The van der Waals surface area contributed by atoms with Gasteiger partial charge in [-0.25, -0.2) is 8.42 Å². The third-order valence-electron chi connectivity index (χ3n) is 16.0. The van der Waals surface area contributed by atoms with Crippen LogP contribution in [0.25, 0.3) is 43.6 Å². The lowest BCUT2D eigenvalue weighted by molar-refractivity contribution is -0.172. The van der Waals surface area contributed by atoms with Gasteiger partial charge in [0.2, 0.25) is 9.84 Å². The van der Waals surface area contributed by atoms with Gasteiger partial charge in [-0.3, -0.25) is 9.59 Å². The first-order valence-corrected chi connectivity index (χ1v) is 21.7. The number of hydrogen-bond acceptors (Lipinski definition) is 6. The Balaban J connectivity index is 1.06. The molecule has 4 aromatic carbocycles. The van der Waals surface area contributed by atoms with Crippen LogP contribution < -0.4 is 0 Å². The minimum Gasteiger partial charge on any atom is -0.481 e. The average molecular weight is 789 g/mol. The Labute approximate surface area is 330 Å². The maximum Gasteiger partial charge on any atom is 0.312 e. The van der Waals surface area contributed by atoms with Crippen LogP contribution in [0.3, 0.4) is 0 Å². The molecule has 8 atom stereocenters. The molecule has 0 bridgehead atoms. The summed E-state index contributed by atoms with van der Waals surface area (Å²) in [5.41, 5.74) is 4.37. The highest BCUT2D eigenvalue weighted by Crippen LogP contribution is 2.59. The number of aliphatic carboxylic acids is 2. The van der Waals surface area contributed by atoms with Gasteiger partial charge in [-0.1, -0.05) is 13.8 Å². The van der Waals surface area contributed by atoms with E-state index in [4.69, 9.17) is 0 Å². The number of carboxylic acids is 2. The minimum atomic E-state index is -3.99. The number of aliphatic hydroxyl groups is 2. The van der Waals surface area contributed by atoms with Crippen LogP contribution in [0.2, 0.25) is 0 Å². The highest BCUT2D eigenvalue weighted by atomic mass is 32.2. The largest absolute Gasteiger partial charge is 0.481 e. The quantitative estimate of drug-likeness (QED) is 0.104. The van der Waals surface area contributed by atoms with Gasteiger partial charge in [-0.15, -0.1) is 0 Å². The van der Waals surface area contributed by atoms with E-state index >= 15 is 0 Å². The summed E-state index contributed by atoms with van der Waals surface area (Å²) in [5, 5.41) is 45.9. The molecule has 6 N–H and O–H groups in total. The second-order valence-electron chi connectivity index (χ2n) is 18.6. The highest BCUT2D eigenvalue weighted by molar-refractivity contribution is 7.91. The molecule has 296 valence electrons. The summed E-state index contributed by atoms with van der Waals surface area (Å²) in [6.45, 7) is 7.62. The van der Waals surface area contributed by atoms with Gasteiger partial charge in [0.1, 0.15) is 0 Å². The normalized spacial score (nSPS) is 32.5. The first kappa shape index (κ1) is 36.6. The molecule has 10 nitrogen and oxygen atoms in total. The van der Waals surface area contributed by atoms with Crippen molar-refractivity contribution >= 4 is 65.4 Å². The van der Waals surface area contributed by atoms with Gasteiger partial charge in [0.25, 0.3) is 0 Å². The van der Waals surface area contributed by atoms with Gasteiger partial charge in [0.15, 0.2) is 0 Å². The van der Waals surface area contributed by atoms with Crippen molar-refractivity contribution in [2.75, 3.05) is 0 Å². The summed E-state index contributed by atoms with van der Waals surface area (Å²) < 4.78 is 29.1. The molecule has 2 saturated carbocycles. The molecule has 6 aromatic rings. The van der Waals surface area contributed by atoms with E-state index in [9.17, 15) is 38.4 Å². The lowest BCUT2D eigenvalue weighted by atomic mass is 9.49. The van der Waals surface area contributed by atoms with Crippen molar-refractivity contribution in [2.24, 2.45) is 22.7 Å². The molecule has 0 unspecified atom stereocenters. The number of carbonyl (C=O) groups is 2. The first-order valence-electron chi connectivity index (χ1n) is 20.2. The van der Waals surface area contributed by atoms with E-state index < -0.39 is 55.6 Å². The van der Waals surface area contributed by atoms with E-state index in [1.165, 1.54) is 0 Å². The summed E-state index contributed by atoms with van der Waals surface area (Å²) in [7, 11) is -3.99. The van der Waals surface area contributed by atoms with Gasteiger partial charge >= 0.3 is 11.9 Å². The zero-order valence-corrected chi connectivity index (χ0v) is 33.4. The molecule has 4 aliphatic carbocycles. The summed E-state index contributed by atoms with van der Waals surface area (Å²) in [6.07, 6.45) is 2.96. The number of aryl methyl sites for hydroxylation is 2. The molecule has 11 heteroatoms. The smallest absolute Gasteiger partial charge is 0.312 e. The van der Waals surface area contributed by atoms with Crippen molar-refractivity contribution in [3.05, 3.63) is 82.9 Å². The topological polar surface area (TPSA) is 181 Å². The number of carboxylic acid groups (broad SMARTS) is 2. The number of nitrogens with one attached hydrogen (secondary N) is 2. The van der Waals surface area contributed by atoms with Crippen molar-refractivity contribution in [3.63, 3.8) is 0 Å². The van der Waals surface area contributed by atoms with Crippen LogP contribution in [0, 0.1) is 22.7 Å². The van der Waals surface area contributed by atoms with Crippen molar-refractivity contribution < 1.29 is 38.4 Å². The molecule has 0 radical (unpaired) electrons. The van der Waals surface area contributed by atoms with Crippen LogP contribution in [-0.2, 0) is 43.1 Å². The van der Waals surface area contributed by atoms with E-state index in [0.29, 0.717) is 51.4 Å². The molecule has 4 aliphatic rings. The lowest BCUT2D eigenvalue weighted by Crippen LogP contribution is -2.58. The van der Waals surface area contributed by atoms with Gasteiger partial charge in [0.05, 0.1) is 32.8 Å². The number of rotatable bonds is 4. The minimum absolute atomic E-state index is 0.164. The molecule has 2 fully saturated rings. The van der Waals surface area contributed by atoms with Crippen molar-refractivity contribution in [1.82, 2.24) is 9.97 Å². The number of sulfone groups is 1. The molecule has 10 rings (SSSR count). The third-order valence-corrected chi connectivity index (χ3v) is 17.8. The predicted octanol–water partition coefficient (Wildman–Crippen LogP) is 7.92. The number of fused-ring (bicyclic) bond motifs is 12. The average Bonchev–Trinajstić information content (AvgIpc) is 3.73. The molecule has 0 aliphatic heterocycles. The summed E-state index contributed by atoms with van der Waals surface area (Å²) in [6, 6.07) is 18.9. The molecule has 0 spiro atoms. The number of aromatic amines is 2. The van der Waals surface area contributed by atoms with E-state index in [2.05, 4.69) is 48.1 Å². The number of benzene rings is 4. The number of H-pyrrole nitrogens is 2. The van der Waals surface area contributed by atoms with Crippen LogP contribution in [-0.4, -0.2) is 63.0 Å². The molecular formula is C46H48N2O8S. The fourth-order valence-electron chi connectivity index (χ4n) is 12.6. The van der Waals surface area contributed by atoms with Gasteiger partial charge in [-0.2, -0.15) is 0 Å².